The lowest BCUT2D eigenvalue weighted by atomic mass is 10.2. The second-order valence-corrected chi connectivity index (χ2v) is 4.17. The number of benzene rings is 1. The summed E-state index contributed by atoms with van der Waals surface area (Å²) in [6.45, 7) is 2.03. The fourth-order valence-electron chi connectivity index (χ4n) is 1.24. The van der Waals surface area contributed by atoms with Crippen molar-refractivity contribution in [3.05, 3.63) is 23.8 Å². The molecule has 0 fully saturated rings. The van der Waals surface area contributed by atoms with Crippen LogP contribution in [-0.2, 0) is 0 Å². The van der Waals surface area contributed by atoms with E-state index < -0.39 is 5.97 Å². The van der Waals surface area contributed by atoms with Crippen molar-refractivity contribution in [3.63, 3.8) is 0 Å². The van der Waals surface area contributed by atoms with Crippen LogP contribution in [0.3, 0.4) is 0 Å². The first kappa shape index (κ1) is 12.5. The van der Waals surface area contributed by atoms with Gasteiger partial charge in [-0.05, 0) is 17.9 Å². The van der Waals surface area contributed by atoms with Crippen molar-refractivity contribution < 1.29 is 14.6 Å². The van der Waals surface area contributed by atoms with Gasteiger partial charge in [0.2, 0.25) is 0 Å². The lowest BCUT2D eigenvalue weighted by Crippen LogP contribution is -2.05. The van der Waals surface area contributed by atoms with Gasteiger partial charge in [0.15, 0.2) is 0 Å². The highest BCUT2D eigenvalue weighted by Gasteiger charge is 2.16. The van der Waals surface area contributed by atoms with E-state index >= 15 is 0 Å². The number of ether oxygens (including phenoxy) is 1. The standard InChI is InChI=1S/C12H12O3S/c1-3-8-15-9-6-5-7-10(16-4-2)11(9)12(13)14/h1,5-7H,4,8H2,2H3,(H,13,14). The first-order valence-electron chi connectivity index (χ1n) is 4.76. The summed E-state index contributed by atoms with van der Waals surface area (Å²) >= 11 is 1.47. The van der Waals surface area contributed by atoms with E-state index in [4.69, 9.17) is 16.3 Å². The quantitative estimate of drug-likeness (QED) is 0.630. The molecular weight excluding hydrogens is 224 g/mol. The van der Waals surface area contributed by atoms with Gasteiger partial charge in [-0.25, -0.2) is 4.79 Å². The summed E-state index contributed by atoms with van der Waals surface area (Å²) in [4.78, 5) is 11.8. The van der Waals surface area contributed by atoms with Gasteiger partial charge in [0, 0.05) is 4.90 Å². The molecular formula is C12H12O3S. The van der Waals surface area contributed by atoms with Gasteiger partial charge in [-0.1, -0.05) is 18.9 Å². The van der Waals surface area contributed by atoms with Crippen molar-refractivity contribution in [2.45, 2.75) is 11.8 Å². The SMILES string of the molecule is C#CCOc1cccc(SCC)c1C(=O)O. The number of aromatic carboxylic acids is 1. The van der Waals surface area contributed by atoms with Crippen LogP contribution < -0.4 is 4.74 Å². The maximum Gasteiger partial charge on any atom is 0.340 e. The Bertz CT molecular complexity index is 421. The van der Waals surface area contributed by atoms with Gasteiger partial charge in [0.05, 0.1) is 0 Å². The Morgan fingerprint density at radius 1 is 1.62 bits per heavy atom. The molecule has 0 saturated heterocycles. The molecule has 0 bridgehead atoms. The molecule has 0 heterocycles. The number of rotatable bonds is 5. The van der Waals surface area contributed by atoms with Crippen molar-refractivity contribution in [2.24, 2.45) is 0 Å². The fourth-order valence-corrected chi connectivity index (χ4v) is 2.06. The molecule has 0 spiro atoms. The molecule has 4 heteroatoms. The summed E-state index contributed by atoms with van der Waals surface area (Å²) in [5, 5.41) is 9.13. The lowest BCUT2D eigenvalue weighted by Gasteiger charge is -2.10. The third kappa shape index (κ3) is 2.94. The first-order valence-corrected chi connectivity index (χ1v) is 5.74. The molecule has 0 amide bonds. The van der Waals surface area contributed by atoms with E-state index in [2.05, 4.69) is 5.92 Å². The molecule has 0 saturated carbocycles. The maximum atomic E-state index is 11.1. The van der Waals surface area contributed by atoms with Gasteiger partial charge < -0.3 is 9.84 Å². The van der Waals surface area contributed by atoms with Crippen LogP contribution in [-0.4, -0.2) is 23.4 Å². The number of carbonyl (C=O) groups is 1. The molecule has 0 aliphatic rings. The number of hydrogen-bond donors (Lipinski definition) is 1. The van der Waals surface area contributed by atoms with Gasteiger partial charge >= 0.3 is 5.97 Å². The van der Waals surface area contributed by atoms with Crippen molar-refractivity contribution in [1.29, 1.82) is 0 Å². The summed E-state index contributed by atoms with van der Waals surface area (Å²) in [7, 11) is 0. The van der Waals surface area contributed by atoms with Crippen LogP contribution in [0.25, 0.3) is 0 Å². The van der Waals surface area contributed by atoms with Crippen molar-refractivity contribution in [2.75, 3.05) is 12.4 Å². The Hall–Kier alpha value is -1.60. The second-order valence-electron chi connectivity index (χ2n) is 2.86. The van der Waals surface area contributed by atoms with Gasteiger partial charge in [-0.3, -0.25) is 0 Å². The summed E-state index contributed by atoms with van der Waals surface area (Å²) in [5.41, 5.74) is 0.185. The van der Waals surface area contributed by atoms with Crippen LogP contribution in [0, 0.1) is 12.3 Å². The van der Waals surface area contributed by atoms with Crippen molar-refractivity contribution in [1.82, 2.24) is 0 Å². The fraction of sp³-hybridized carbons (Fsp3) is 0.250. The molecule has 1 rings (SSSR count). The highest BCUT2D eigenvalue weighted by molar-refractivity contribution is 7.99. The van der Waals surface area contributed by atoms with Gasteiger partial charge in [0.25, 0.3) is 0 Å². The predicted molar refractivity (Wildman–Crippen MR) is 64.1 cm³/mol. The molecule has 0 aliphatic heterocycles. The third-order valence-corrected chi connectivity index (χ3v) is 2.75. The van der Waals surface area contributed by atoms with E-state index in [1.54, 1.807) is 18.2 Å². The van der Waals surface area contributed by atoms with E-state index in [1.165, 1.54) is 11.8 Å². The maximum absolute atomic E-state index is 11.1. The van der Waals surface area contributed by atoms with E-state index in [9.17, 15) is 4.79 Å². The number of carboxylic acids is 1. The summed E-state index contributed by atoms with van der Waals surface area (Å²) < 4.78 is 5.20. The summed E-state index contributed by atoms with van der Waals surface area (Å²) in [6.07, 6.45) is 5.07. The highest BCUT2D eigenvalue weighted by atomic mass is 32.2. The largest absolute Gasteiger partial charge is 0.480 e. The second kappa shape index (κ2) is 6.09. The molecule has 0 unspecified atom stereocenters. The van der Waals surface area contributed by atoms with Crippen LogP contribution in [0.5, 0.6) is 5.75 Å². The van der Waals surface area contributed by atoms with Gasteiger partial charge in [0.1, 0.15) is 17.9 Å². The zero-order valence-corrected chi connectivity index (χ0v) is 9.71. The van der Waals surface area contributed by atoms with Crippen molar-refractivity contribution >= 4 is 17.7 Å². The minimum atomic E-state index is -0.997. The van der Waals surface area contributed by atoms with Crippen LogP contribution in [0.1, 0.15) is 17.3 Å². The van der Waals surface area contributed by atoms with E-state index in [0.29, 0.717) is 10.6 Å². The van der Waals surface area contributed by atoms with Crippen LogP contribution >= 0.6 is 11.8 Å². The molecule has 3 nitrogen and oxygen atoms in total. The monoisotopic (exact) mass is 236 g/mol. The Kier molecular flexibility index (Phi) is 4.74. The third-order valence-electron chi connectivity index (χ3n) is 1.81. The molecule has 0 aliphatic carbocycles. The zero-order valence-electron chi connectivity index (χ0n) is 8.90. The van der Waals surface area contributed by atoms with Gasteiger partial charge in [-0.2, -0.15) is 0 Å². The van der Waals surface area contributed by atoms with Crippen LogP contribution in [0.15, 0.2) is 23.1 Å². The topological polar surface area (TPSA) is 46.5 Å². The number of hydrogen-bond acceptors (Lipinski definition) is 3. The van der Waals surface area contributed by atoms with E-state index in [0.717, 1.165) is 5.75 Å². The number of carboxylic acid groups (broad SMARTS) is 1. The summed E-state index contributed by atoms with van der Waals surface area (Å²) in [5.74, 6) is 2.44. The molecule has 0 atom stereocenters. The predicted octanol–water partition coefficient (Wildman–Crippen LogP) is 2.51. The van der Waals surface area contributed by atoms with Gasteiger partial charge in [-0.15, -0.1) is 18.2 Å². The molecule has 1 aromatic rings. The minimum absolute atomic E-state index is 0.0700. The first-order chi connectivity index (χ1) is 7.70. The highest BCUT2D eigenvalue weighted by Crippen LogP contribution is 2.30. The molecule has 0 radical (unpaired) electrons. The molecule has 16 heavy (non-hydrogen) atoms. The molecule has 1 aromatic carbocycles. The Morgan fingerprint density at radius 3 is 2.94 bits per heavy atom. The van der Waals surface area contributed by atoms with Crippen LogP contribution in [0.4, 0.5) is 0 Å². The Balaban J connectivity index is 3.11. The molecule has 84 valence electrons. The normalized spacial score (nSPS) is 9.50. The minimum Gasteiger partial charge on any atom is -0.480 e. The Morgan fingerprint density at radius 2 is 2.38 bits per heavy atom. The molecule has 1 N–H and O–H groups in total. The number of thioether (sulfide) groups is 1. The number of terminal acetylenes is 1. The zero-order chi connectivity index (χ0) is 12.0. The van der Waals surface area contributed by atoms with Crippen LogP contribution in [0.2, 0.25) is 0 Å². The Labute approximate surface area is 98.8 Å². The van der Waals surface area contributed by atoms with Crippen molar-refractivity contribution in [3.8, 4) is 18.1 Å². The lowest BCUT2D eigenvalue weighted by molar-refractivity contribution is 0.0689. The van der Waals surface area contributed by atoms with E-state index in [-0.39, 0.29) is 12.2 Å². The average Bonchev–Trinajstić information content (AvgIpc) is 2.26. The van der Waals surface area contributed by atoms with E-state index in [1.807, 2.05) is 6.92 Å². The smallest absolute Gasteiger partial charge is 0.340 e. The molecule has 0 aromatic heterocycles. The average molecular weight is 236 g/mol. The summed E-state index contributed by atoms with van der Waals surface area (Å²) in [6, 6.07) is 5.14.